The van der Waals surface area contributed by atoms with Gasteiger partial charge in [0.25, 0.3) is 5.91 Å². The van der Waals surface area contributed by atoms with Crippen molar-refractivity contribution in [2.45, 2.75) is 18.9 Å². The molecule has 0 heterocycles. The molecule has 0 aromatic heterocycles. The third kappa shape index (κ3) is 1.40. The molecule has 0 aromatic rings. The third-order valence-electron chi connectivity index (χ3n) is 1.48. The molecule has 0 unspecified atom stereocenters. The lowest BCUT2D eigenvalue weighted by Gasteiger charge is -2.04. The second-order valence-electron chi connectivity index (χ2n) is 2.29. The van der Waals surface area contributed by atoms with Crippen molar-refractivity contribution in [2.75, 3.05) is 0 Å². The lowest BCUT2D eigenvalue weighted by atomic mass is 10.2. The second-order valence-corrected chi connectivity index (χ2v) is 2.29. The minimum Gasteiger partial charge on any atom is -0.383 e. The predicted octanol–water partition coefficient (Wildman–Crippen LogP) is -1.25. The summed E-state index contributed by atoms with van der Waals surface area (Å²) < 4.78 is 0. The Morgan fingerprint density at radius 1 is 1.78 bits per heavy atom. The van der Waals surface area contributed by atoms with Gasteiger partial charge in [-0.05, 0) is 18.8 Å². The molecule has 1 rings (SSSR count). The Morgan fingerprint density at radius 2 is 2.33 bits per heavy atom. The number of hydrazine groups is 1. The third-order valence-corrected chi connectivity index (χ3v) is 1.48. The minimum atomic E-state index is -0.880. The van der Waals surface area contributed by atoms with Gasteiger partial charge in [-0.15, -0.1) is 0 Å². The lowest BCUT2D eigenvalue weighted by Crippen LogP contribution is -2.40. The molecule has 52 valence electrons. The standard InChI is InChI=1S/C5H10N2O2/c6-7-5(9)4(8)3-1-2-3/h3-4,8H,1-2,6H2,(H,7,9)/t4-/m0/s1. The molecule has 9 heavy (non-hydrogen) atoms. The van der Waals surface area contributed by atoms with Crippen LogP contribution in [0.2, 0.25) is 0 Å². The number of carbonyl (C=O) groups excluding carboxylic acids is 1. The second kappa shape index (κ2) is 2.33. The van der Waals surface area contributed by atoms with Crippen molar-refractivity contribution in [3.63, 3.8) is 0 Å². The molecule has 1 fully saturated rings. The average Bonchev–Trinajstić information content (AvgIpc) is 2.66. The van der Waals surface area contributed by atoms with Crippen molar-refractivity contribution in [1.29, 1.82) is 0 Å². The number of nitrogens with two attached hydrogens (primary N) is 1. The molecular weight excluding hydrogens is 120 g/mol. The Balaban J connectivity index is 2.30. The molecule has 0 spiro atoms. The first-order chi connectivity index (χ1) is 4.25. The summed E-state index contributed by atoms with van der Waals surface area (Å²) in [5, 5.41) is 8.97. The molecule has 4 N–H and O–H groups in total. The molecule has 4 nitrogen and oxygen atoms in total. The van der Waals surface area contributed by atoms with E-state index in [0.717, 1.165) is 12.8 Å². The van der Waals surface area contributed by atoms with E-state index < -0.39 is 12.0 Å². The molecule has 0 radical (unpaired) electrons. The van der Waals surface area contributed by atoms with Gasteiger partial charge in [0, 0.05) is 0 Å². The maximum absolute atomic E-state index is 10.5. The Hall–Kier alpha value is -0.610. The maximum atomic E-state index is 10.5. The van der Waals surface area contributed by atoms with Crippen LogP contribution in [-0.4, -0.2) is 17.1 Å². The highest BCUT2D eigenvalue weighted by molar-refractivity contribution is 5.80. The molecular formula is C5H10N2O2. The van der Waals surface area contributed by atoms with Crippen LogP contribution in [0.5, 0.6) is 0 Å². The largest absolute Gasteiger partial charge is 0.383 e. The highest BCUT2D eigenvalue weighted by Crippen LogP contribution is 2.32. The summed E-state index contributed by atoms with van der Waals surface area (Å²) in [6.07, 6.45) is 0.999. The van der Waals surface area contributed by atoms with Gasteiger partial charge >= 0.3 is 0 Å². The van der Waals surface area contributed by atoms with Crippen LogP contribution in [0.15, 0.2) is 0 Å². The van der Waals surface area contributed by atoms with E-state index in [1.165, 1.54) is 0 Å². The summed E-state index contributed by atoms with van der Waals surface area (Å²) >= 11 is 0. The molecule has 1 saturated carbocycles. The predicted molar refractivity (Wildman–Crippen MR) is 31.1 cm³/mol. The van der Waals surface area contributed by atoms with E-state index >= 15 is 0 Å². The smallest absolute Gasteiger partial charge is 0.262 e. The first-order valence-corrected chi connectivity index (χ1v) is 2.94. The van der Waals surface area contributed by atoms with Crippen LogP contribution in [0.1, 0.15) is 12.8 Å². The van der Waals surface area contributed by atoms with Crippen LogP contribution in [0.25, 0.3) is 0 Å². The zero-order chi connectivity index (χ0) is 6.85. The van der Waals surface area contributed by atoms with Crippen LogP contribution < -0.4 is 11.3 Å². The molecule has 0 bridgehead atoms. The first kappa shape index (κ1) is 6.51. The zero-order valence-electron chi connectivity index (χ0n) is 5.00. The number of aliphatic hydroxyl groups is 1. The Labute approximate surface area is 53.0 Å². The van der Waals surface area contributed by atoms with Gasteiger partial charge in [-0.25, -0.2) is 5.84 Å². The fraction of sp³-hybridized carbons (Fsp3) is 0.800. The van der Waals surface area contributed by atoms with Crippen LogP contribution in [0.3, 0.4) is 0 Å². The van der Waals surface area contributed by atoms with Gasteiger partial charge in [-0.3, -0.25) is 10.2 Å². The zero-order valence-corrected chi connectivity index (χ0v) is 5.00. The van der Waals surface area contributed by atoms with Crippen molar-refractivity contribution < 1.29 is 9.90 Å². The fourth-order valence-corrected chi connectivity index (χ4v) is 0.711. The van der Waals surface area contributed by atoms with Gasteiger partial charge in [-0.1, -0.05) is 0 Å². The lowest BCUT2D eigenvalue weighted by molar-refractivity contribution is -0.130. The van der Waals surface area contributed by atoms with Crippen molar-refractivity contribution in [1.82, 2.24) is 5.43 Å². The number of hydrogen-bond donors (Lipinski definition) is 3. The van der Waals surface area contributed by atoms with Gasteiger partial charge in [0.15, 0.2) is 0 Å². The van der Waals surface area contributed by atoms with Crippen molar-refractivity contribution in [3.05, 3.63) is 0 Å². The molecule has 1 amide bonds. The van der Waals surface area contributed by atoms with Gasteiger partial charge in [0.1, 0.15) is 6.10 Å². The minimum absolute atomic E-state index is 0.161. The van der Waals surface area contributed by atoms with Crippen molar-refractivity contribution in [2.24, 2.45) is 11.8 Å². The number of nitrogens with one attached hydrogen (secondary N) is 1. The van der Waals surface area contributed by atoms with E-state index in [1.54, 1.807) is 0 Å². The quantitative estimate of drug-likeness (QED) is 0.248. The van der Waals surface area contributed by atoms with Crippen LogP contribution in [0, 0.1) is 5.92 Å². The number of hydrogen-bond acceptors (Lipinski definition) is 3. The summed E-state index contributed by atoms with van der Waals surface area (Å²) in [5.74, 6) is 4.47. The normalized spacial score (nSPS) is 21.1. The van der Waals surface area contributed by atoms with E-state index in [9.17, 15) is 4.79 Å². The molecule has 1 atom stereocenters. The molecule has 0 aromatic carbocycles. The Bertz CT molecular complexity index is 122. The van der Waals surface area contributed by atoms with Crippen LogP contribution in [0.4, 0.5) is 0 Å². The molecule has 0 saturated heterocycles. The van der Waals surface area contributed by atoms with E-state index in [0.29, 0.717) is 0 Å². The SMILES string of the molecule is NNC(=O)[C@@H](O)C1CC1. The highest BCUT2D eigenvalue weighted by atomic mass is 16.3. The number of carbonyl (C=O) groups is 1. The van der Waals surface area contributed by atoms with E-state index in [2.05, 4.69) is 0 Å². The Kier molecular flexibility index (Phi) is 1.68. The van der Waals surface area contributed by atoms with Crippen molar-refractivity contribution >= 4 is 5.91 Å². The summed E-state index contributed by atoms with van der Waals surface area (Å²) in [4.78, 5) is 10.5. The van der Waals surface area contributed by atoms with Crippen molar-refractivity contribution in [3.8, 4) is 0 Å². The number of aliphatic hydroxyl groups excluding tert-OH is 1. The molecule has 4 heteroatoms. The maximum Gasteiger partial charge on any atom is 0.262 e. The molecule has 1 aliphatic rings. The topological polar surface area (TPSA) is 75.3 Å². The van der Waals surface area contributed by atoms with Crippen LogP contribution in [-0.2, 0) is 4.79 Å². The van der Waals surface area contributed by atoms with Crippen LogP contribution >= 0.6 is 0 Å². The fourth-order valence-electron chi connectivity index (χ4n) is 0.711. The molecule has 0 aliphatic heterocycles. The van der Waals surface area contributed by atoms with E-state index in [-0.39, 0.29) is 5.92 Å². The number of rotatable bonds is 2. The summed E-state index contributed by atoms with van der Waals surface area (Å²) in [5.41, 5.74) is 1.90. The van der Waals surface area contributed by atoms with Gasteiger partial charge in [-0.2, -0.15) is 0 Å². The summed E-state index contributed by atoms with van der Waals surface area (Å²) in [6, 6.07) is 0. The van der Waals surface area contributed by atoms with Gasteiger partial charge < -0.3 is 5.11 Å². The average molecular weight is 130 g/mol. The molecule has 1 aliphatic carbocycles. The number of amides is 1. The highest BCUT2D eigenvalue weighted by Gasteiger charge is 2.34. The van der Waals surface area contributed by atoms with E-state index in [4.69, 9.17) is 10.9 Å². The monoisotopic (exact) mass is 130 g/mol. The first-order valence-electron chi connectivity index (χ1n) is 2.94. The Morgan fingerprint density at radius 3 is 2.67 bits per heavy atom. The van der Waals surface area contributed by atoms with E-state index in [1.807, 2.05) is 5.43 Å². The summed E-state index contributed by atoms with van der Waals surface area (Å²) in [7, 11) is 0. The summed E-state index contributed by atoms with van der Waals surface area (Å²) in [6.45, 7) is 0. The van der Waals surface area contributed by atoms with Gasteiger partial charge in [0.05, 0.1) is 0 Å². The van der Waals surface area contributed by atoms with Gasteiger partial charge in [0.2, 0.25) is 0 Å².